The molecule has 2 rings (SSSR count). The Morgan fingerprint density at radius 1 is 1.09 bits per heavy atom. The van der Waals surface area contributed by atoms with Gasteiger partial charge in [0.15, 0.2) is 0 Å². The van der Waals surface area contributed by atoms with Gasteiger partial charge in [0.05, 0.1) is 11.9 Å². The molecule has 0 heterocycles. The molecular formula is C23H29BrClN3O4S. The van der Waals surface area contributed by atoms with Crippen LogP contribution in [0.4, 0.5) is 5.69 Å². The Labute approximate surface area is 209 Å². The topological polar surface area (TPSA) is 86.8 Å². The third-order valence-electron chi connectivity index (χ3n) is 4.98. The normalized spacial score (nSPS) is 12.4. The first-order valence-corrected chi connectivity index (χ1v) is 13.4. The van der Waals surface area contributed by atoms with Crippen LogP contribution in [0.5, 0.6) is 0 Å². The summed E-state index contributed by atoms with van der Waals surface area (Å²) in [5.41, 5.74) is 1.78. The van der Waals surface area contributed by atoms with Crippen molar-refractivity contribution in [2.45, 2.75) is 46.3 Å². The number of nitrogens with one attached hydrogen (secondary N) is 1. The number of carbonyl (C=O) groups is 2. The molecule has 1 N–H and O–H groups in total. The largest absolute Gasteiger partial charge is 0.352 e. The number of amides is 2. The molecule has 0 aromatic heterocycles. The van der Waals surface area contributed by atoms with Crippen LogP contribution in [0.15, 0.2) is 46.9 Å². The minimum atomic E-state index is -3.81. The lowest BCUT2D eigenvalue weighted by molar-refractivity contribution is -0.139. The smallest absolute Gasteiger partial charge is 0.244 e. The zero-order valence-electron chi connectivity index (χ0n) is 19.3. The summed E-state index contributed by atoms with van der Waals surface area (Å²) in [6.45, 7) is 6.72. The number of hydrogen-bond acceptors (Lipinski definition) is 4. The van der Waals surface area contributed by atoms with Gasteiger partial charge in [0.2, 0.25) is 21.8 Å². The van der Waals surface area contributed by atoms with E-state index in [0.29, 0.717) is 16.3 Å². The van der Waals surface area contributed by atoms with Gasteiger partial charge >= 0.3 is 0 Å². The van der Waals surface area contributed by atoms with Gasteiger partial charge in [-0.1, -0.05) is 45.7 Å². The molecule has 180 valence electrons. The highest BCUT2D eigenvalue weighted by molar-refractivity contribution is 9.10. The highest BCUT2D eigenvalue weighted by atomic mass is 79.9. The van der Waals surface area contributed by atoms with Crippen LogP contribution in [0.25, 0.3) is 0 Å². The lowest BCUT2D eigenvalue weighted by Gasteiger charge is -2.32. The predicted octanol–water partition coefficient (Wildman–Crippen LogP) is 4.12. The quantitative estimate of drug-likeness (QED) is 0.502. The summed E-state index contributed by atoms with van der Waals surface area (Å²) < 4.78 is 27.2. The van der Waals surface area contributed by atoms with Gasteiger partial charge < -0.3 is 10.2 Å². The van der Waals surface area contributed by atoms with Gasteiger partial charge in [0.1, 0.15) is 12.6 Å². The molecule has 10 heteroatoms. The highest BCUT2D eigenvalue weighted by Gasteiger charge is 2.30. The molecule has 2 aromatic rings. The van der Waals surface area contributed by atoms with E-state index in [1.54, 1.807) is 26.0 Å². The molecule has 33 heavy (non-hydrogen) atoms. The predicted molar refractivity (Wildman–Crippen MR) is 136 cm³/mol. The fourth-order valence-corrected chi connectivity index (χ4v) is 4.55. The lowest BCUT2D eigenvalue weighted by Crippen LogP contribution is -2.52. The van der Waals surface area contributed by atoms with Gasteiger partial charge in [-0.15, -0.1) is 0 Å². The minimum Gasteiger partial charge on any atom is -0.352 e. The van der Waals surface area contributed by atoms with E-state index in [0.717, 1.165) is 20.6 Å². The Kier molecular flexibility index (Phi) is 9.34. The summed E-state index contributed by atoms with van der Waals surface area (Å²) in [5, 5.41) is 3.17. The SMILES string of the molecule is Cc1ccc(Cl)cc1N(CC(=O)N(Cc1ccc(Br)cc1)[C@H](C)C(=O)NC(C)C)S(C)(=O)=O. The number of rotatable bonds is 9. The Hall–Kier alpha value is -2.10. The van der Waals surface area contributed by atoms with E-state index in [1.165, 1.54) is 11.0 Å². The van der Waals surface area contributed by atoms with Crippen LogP contribution >= 0.6 is 27.5 Å². The molecule has 0 saturated carbocycles. The molecule has 0 spiro atoms. The third-order valence-corrected chi connectivity index (χ3v) is 6.87. The molecule has 0 aliphatic carbocycles. The average molecular weight is 559 g/mol. The second-order valence-electron chi connectivity index (χ2n) is 8.19. The van der Waals surface area contributed by atoms with Crippen LogP contribution in [0.3, 0.4) is 0 Å². The second kappa shape index (κ2) is 11.4. The zero-order chi connectivity index (χ0) is 24.9. The fourth-order valence-electron chi connectivity index (χ4n) is 3.22. The summed E-state index contributed by atoms with van der Waals surface area (Å²) in [4.78, 5) is 27.6. The van der Waals surface area contributed by atoms with Crippen molar-refractivity contribution < 1.29 is 18.0 Å². The summed E-state index contributed by atoms with van der Waals surface area (Å²) in [7, 11) is -3.81. The van der Waals surface area contributed by atoms with Crippen molar-refractivity contribution in [3.63, 3.8) is 0 Å². The molecule has 0 saturated heterocycles. The van der Waals surface area contributed by atoms with Crippen molar-refractivity contribution in [2.75, 3.05) is 17.1 Å². The number of aryl methyl sites for hydroxylation is 1. The number of carbonyl (C=O) groups excluding carboxylic acids is 2. The summed E-state index contributed by atoms with van der Waals surface area (Å²) in [5.74, 6) is -0.825. The molecule has 1 atom stereocenters. The average Bonchev–Trinajstić information content (AvgIpc) is 2.71. The van der Waals surface area contributed by atoms with Crippen molar-refractivity contribution in [3.05, 3.63) is 63.1 Å². The number of halogens is 2. The molecule has 0 aliphatic rings. The van der Waals surface area contributed by atoms with E-state index in [4.69, 9.17) is 11.6 Å². The van der Waals surface area contributed by atoms with Crippen molar-refractivity contribution >= 4 is 55.1 Å². The molecule has 7 nitrogen and oxygen atoms in total. The molecule has 2 aromatic carbocycles. The van der Waals surface area contributed by atoms with Crippen molar-refractivity contribution in [1.29, 1.82) is 0 Å². The summed E-state index contributed by atoms with van der Waals surface area (Å²) in [6.07, 6.45) is 1.04. The Morgan fingerprint density at radius 2 is 1.70 bits per heavy atom. The van der Waals surface area contributed by atoms with E-state index in [2.05, 4.69) is 21.2 Å². The molecule has 0 aliphatic heterocycles. The van der Waals surface area contributed by atoms with Crippen molar-refractivity contribution in [3.8, 4) is 0 Å². The molecule has 0 bridgehead atoms. The van der Waals surface area contributed by atoms with Gasteiger partial charge in [-0.3, -0.25) is 13.9 Å². The highest BCUT2D eigenvalue weighted by Crippen LogP contribution is 2.27. The maximum Gasteiger partial charge on any atom is 0.244 e. The fraction of sp³-hybridized carbons (Fsp3) is 0.391. The van der Waals surface area contributed by atoms with E-state index < -0.39 is 28.5 Å². The van der Waals surface area contributed by atoms with Crippen LogP contribution in [0, 0.1) is 6.92 Å². The maximum atomic E-state index is 13.5. The van der Waals surface area contributed by atoms with Gasteiger partial charge in [-0.2, -0.15) is 0 Å². The molecule has 0 radical (unpaired) electrons. The van der Waals surface area contributed by atoms with Crippen LogP contribution < -0.4 is 9.62 Å². The first-order chi connectivity index (χ1) is 15.3. The minimum absolute atomic E-state index is 0.105. The summed E-state index contributed by atoms with van der Waals surface area (Å²) in [6, 6.07) is 11.3. The Balaban J connectivity index is 2.42. The van der Waals surface area contributed by atoms with E-state index in [9.17, 15) is 18.0 Å². The maximum absolute atomic E-state index is 13.5. The zero-order valence-corrected chi connectivity index (χ0v) is 22.5. The van der Waals surface area contributed by atoms with E-state index in [-0.39, 0.29) is 18.5 Å². The number of benzene rings is 2. The number of nitrogens with zero attached hydrogens (tertiary/aromatic N) is 2. The number of anilines is 1. The molecule has 2 amide bonds. The molecular weight excluding hydrogens is 530 g/mol. The van der Waals surface area contributed by atoms with Gasteiger partial charge in [-0.05, 0) is 63.1 Å². The van der Waals surface area contributed by atoms with Crippen LogP contribution in [-0.4, -0.2) is 50.0 Å². The lowest BCUT2D eigenvalue weighted by atomic mass is 10.1. The number of sulfonamides is 1. The molecule has 0 fully saturated rings. The monoisotopic (exact) mass is 557 g/mol. The Morgan fingerprint density at radius 3 is 2.24 bits per heavy atom. The van der Waals surface area contributed by atoms with Gasteiger partial charge in [0.25, 0.3) is 0 Å². The van der Waals surface area contributed by atoms with Crippen LogP contribution in [-0.2, 0) is 26.2 Å². The van der Waals surface area contributed by atoms with Gasteiger partial charge in [0, 0.05) is 22.1 Å². The second-order valence-corrected chi connectivity index (χ2v) is 11.4. The third kappa shape index (κ3) is 7.72. The summed E-state index contributed by atoms with van der Waals surface area (Å²) >= 11 is 9.48. The van der Waals surface area contributed by atoms with E-state index in [1.807, 2.05) is 38.1 Å². The standard InChI is InChI=1S/C23H29BrClN3O4S/c1-15(2)26-23(30)17(4)27(13-18-7-9-19(24)10-8-18)22(29)14-28(33(5,31)32)21-12-20(25)11-6-16(21)3/h6-12,15,17H,13-14H2,1-5H3,(H,26,30)/t17-/m1/s1. The van der Waals surface area contributed by atoms with Crippen molar-refractivity contribution in [1.82, 2.24) is 10.2 Å². The van der Waals surface area contributed by atoms with Gasteiger partial charge in [-0.25, -0.2) is 8.42 Å². The van der Waals surface area contributed by atoms with Crippen LogP contribution in [0.1, 0.15) is 31.9 Å². The molecule has 0 unspecified atom stereocenters. The van der Waals surface area contributed by atoms with E-state index >= 15 is 0 Å². The van der Waals surface area contributed by atoms with Crippen molar-refractivity contribution in [2.24, 2.45) is 0 Å². The van der Waals surface area contributed by atoms with Crippen LogP contribution in [0.2, 0.25) is 5.02 Å². The Bertz CT molecular complexity index is 1110. The number of hydrogen-bond donors (Lipinski definition) is 1. The first kappa shape index (κ1) is 27.1. The first-order valence-electron chi connectivity index (χ1n) is 10.4.